The summed E-state index contributed by atoms with van der Waals surface area (Å²) in [5.41, 5.74) is -0.465. The summed E-state index contributed by atoms with van der Waals surface area (Å²) in [7, 11) is 0. The number of carbonyl (C=O) groups is 1. The summed E-state index contributed by atoms with van der Waals surface area (Å²) in [4.78, 5) is 22.7. The van der Waals surface area contributed by atoms with Gasteiger partial charge < -0.3 is 19.6 Å². The Morgan fingerprint density at radius 3 is 2.78 bits per heavy atom. The summed E-state index contributed by atoms with van der Waals surface area (Å²) in [5, 5.41) is 24.2. The summed E-state index contributed by atoms with van der Waals surface area (Å²) in [5.74, 6) is 1.06. The molecule has 146 valence electrons. The summed E-state index contributed by atoms with van der Waals surface area (Å²) in [6.45, 7) is 6.66. The number of anilines is 1. The van der Waals surface area contributed by atoms with E-state index in [9.17, 15) is 15.0 Å². The van der Waals surface area contributed by atoms with Crippen LogP contribution in [0.15, 0.2) is 22.9 Å². The first-order valence-corrected chi connectivity index (χ1v) is 9.25. The SMILES string of the molecule is Cc1noc(-c2ccc(N3CC[C@H](O)[C@](CCC(C)C)(C(=O)O)C3)nc2)n1. The lowest BCUT2D eigenvalue weighted by atomic mass is 9.73. The van der Waals surface area contributed by atoms with Crippen LogP contribution in [0, 0.1) is 18.3 Å². The molecule has 0 amide bonds. The van der Waals surface area contributed by atoms with Crippen LogP contribution < -0.4 is 4.90 Å². The molecule has 1 aliphatic rings. The third kappa shape index (κ3) is 3.95. The largest absolute Gasteiger partial charge is 0.481 e. The van der Waals surface area contributed by atoms with Gasteiger partial charge in [-0.1, -0.05) is 19.0 Å². The lowest BCUT2D eigenvalue weighted by Gasteiger charge is -2.44. The molecule has 27 heavy (non-hydrogen) atoms. The van der Waals surface area contributed by atoms with Crippen LogP contribution in [-0.2, 0) is 4.79 Å². The summed E-state index contributed by atoms with van der Waals surface area (Å²) < 4.78 is 5.14. The van der Waals surface area contributed by atoms with Gasteiger partial charge in [-0.05, 0) is 44.2 Å². The molecule has 0 aromatic carbocycles. The molecule has 1 fully saturated rings. The van der Waals surface area contributed by atoms with Gasteiger partial charge in [-0.15, -0.1) is 0 Å². The van der Waals surface area contributed by atoms with Crippen LogP contribution >= 0.6 is 0 Å². The standard InChI is InChI=1S/C19H26N4O4/c1-12(2)6-8-19(18(25)26)11-23(9-7-15(19)24)16-5-4-14(10-20-16)17-21-13(3)22-27-17/h4-5,10,12,15,24H,6-9,11H2,1-3H3,(H,25,26)/t15-,19+/m0/s1. The van der Waals surface area contributed by atoms with Gasteiger partial charge in [0.15, 0.2) is 5.82 Å². The number of aryl methyl sites for hydroxylation is 1. The first-order chi connectivity index (χ1) is 12.8. The van der Waals surface area contributed by atoms with E-state index in [1.54, 1.807) is 13.1 Å². The van der Waals surface area contributed by atoms with Crippen LogP contribution in [-0.4, -0.2) is 50.5 Å². The molecule has 1 saturated heterocycles. The maximum atomic E-state index is 12.1. The molecule has 2 aromatic heterocycles. The molecule has 0 saturated carbocycles. The van der Waals surface area contributed by atoms with Gasteiger partial charge in [0, 0.05) is 19.3 Å². The maximum Gasteiger partial charge on any atom is 0.314 e. The van der Waals surface area contributed by atoms with E-state index in [0.29, 0.717) is 48.4 Å². The molecule has 0 radical (unpaired) electrons. The van der Waals surface area contributed by atoms with Crippen LogP contribution in [0.4, 0.5) is 5.82 Å². The summed E-state index contributed by atoms with van der Waals surface area (Å²) in [6, 6.07) is 3.65. The van der Waals surface area contributed by atoms with E-state index >= 15 is 0 Å². The molecule has 0 spiro atoms. The second kappa shape index (κ2) is 7.64. The fourth-order valence-electron chi connectivity index (χ4n) is 3.50. The number of piperidine rings is 1. The highest BCUT2D eigenvalue weighted by Gasteiger charge is 2.49. The smallest absolute Gasteiger partial charge is 0.314 e. The second-order valence-electron chi connectivity index (χ2n) is 7.67. The first kappa shape index (κ1) is 19.3. The van der Waals surface area contributed by atoms with Crippen molar-refractivity contribution in [2.75, 3.05) is 18.0 Å². The van der Waals surface area contributed by atoms with Crippen molar-refractivity contribution in [1.29, 1.82) is 0 Å². The minimum atomic E-state index is -1.17. The molecule has 3 heterocycles. The Kier molecular flexibility index (Phi) is 5.46. The van der Waals surface area contributed by atoms with E-state index in [-0.39, 0.29) is 6.54 Å². The van der Waals surface area contributed by atoms with E-state index in [4.69, 9.17) is 4.52 Å². The van der Waals surface area contributed by atoms with Crippen LogP contribution in [0.2, 0.25) is 0 Å². The van der Waals surface area contributed by atoms with Crippen molar-refractivity contribution in [3.05, 3.63) is 24.2 Å². The fourth-order valence-corrected chi connectivity index (χ4v) is 3.50. The quantitative estimate of drug-likeness (QED) is 0.793. The van der Waals surface area contributed by atoms with E-state index in [2.05, 4.69) is 29.0 Å². The number of rotatable bonds is 6. The van der Waals surface area contributed by atoms with Crippen molar-refractivity contribution < 1.29 is 19.5 Å². The van der Waals surface area contributed by atoms with Gasteiger partial charge >= 0.3 is 5.97 Å². The molecule has 0 bridgehead atoms. The predicted octanol–water partition coefficient (Wildman–Crippen LogP) is 2.52. The molecular formula is C19H26N4O4. The number of aliphatic hydroxyl groups is 1. The van der Waals surface area contributed by atoms with Crippen molar-refractivity contribution in [3.63, 3.8) is 0 Å². The van der Waals surface area contributed by atoms with Gasteiger partial charge in [0.1, 0.15) is 11.2 Å². The minimum absolute atomic E-state index is 0.238. The van der Waals surface area contributed by atoms with E-state index in [0.717, 1.165) is 6.42 Å². The third-order valence-corrected chi connectivity index (χ3v) is 5.22. The number of hydrogen-bond donors (Lipinski definition) is 2. The van der Waals surface area contributed by atoms with E-state index in [1.807, 2.05) is 17.0 Å². The number of hydrogen-bond acceptors (Lipinski definition) is 7. The predicted molar refractivity (Wildman–Crippen MR) is 99.2 cm³/mol. The number of carboxylic acids is 1. The molecule has 0 unspecified atom stereocenters. The Balaban J connectivity index is 1.81. The number of nitrogens with zero attached hydrogens (tertiary/aromatic N) is 4. The van der Waals surface area contributed by atoms with E-state index < -0.39 is 17.5 Å². The van der Waals surface area contributed by atoms with Crippen molar-refractivity contribution in [3.8, 4) is 11.5 Å². The Bertz CT molecular complexity index is 789. The lowest BCUT2D eigenvalue weighted by Crippen LogP contribution is -2.56. The average Bonchev–Trinajstić information content (AvgIpc) is 3.07. The molecular weight excluding hydrogens is 348 g/mol. The molecule has 3 rings (SSSR count). The number of pyridine rings is 1. The van der Waals surface area contributed by atoms with Gasteiger partial charge in [-0.2, -0.15) is 4.98 Å². The topological polar surface area (TPSA) is 113 Å². The number of carboxylic acid groups (broad SMARTS) is 1. The monoisotopic (exact) mass is 374 g/mol. The normalized spacial score (nSPS) is 23.0. The maximum absolute atomic E-state index is 12.1. The molecule has 2 N–H and O–H groups in total. The molecule has 0 aliphatic carbocycles. The molecule has 2 aromatic rings. The van der Waals surface area contributed by atoms with Gasteiger partial charge in [0.2, 0.25) is 0 Å². The number of aliphatic hydroxyl groups excluding tert-OH is 1. The molecule has 8 nitrogen and oxygen atoms in total. The molecule has 8 heteroatoms. The highest BCUT2D eigenvalue weighted by atomic mass is 16.5. The van der Waals surface area contributed by atoms with Gasteiger partial charge in [0.25, 0.3) is 5.89 Å². The van der Waals surface area contributed by atoms with Gasteiger partial charge in [0.05, 0.1) is 11.7 Å². The van der Waals surface area contributed by atoms with Crippen LogP contribution in [0.3, 0.4) is 0 Å². The van der Waals surface area contributed by atoms with Crippen molar-refractivity contribution in [1.82, 2.24) is 15.1 Å². The second-order valence-corrected chi connectivity index (χ2v) is 7.67. The zero-order valence-corrected chi connectivity index (χ0v) is 15.9. The number of aliphatic carboxylic acids is 1. The average molecular weight is 374 g/mol. The van der Waals surface area contributed by atoms with Crippen LogP contribution in [0.5, 0.6) is 0 Å². The van der Waals surface area contributed by atoms with Crippen molar-refractivity contribution >= 4 is 11.8 Å². The van der Waals surface area contributed by atoms with E-state index in [1.165, 1.54) is 0 Å². The van der Waals surface area contributed by atoms with Gasteiger partial charge in [-0.3, -0.25) is 4.79 Å². The minimum Gasteiger partial charge on any atom is -0.481 e. The summed E-state index contributed by atoms with van der Waals surface area (Å²) >= 11 is 0. The first-order valence-electron chi connectivity index (χ1n) is 9.25. The Morgan fingerprint density at radius 1 is 1.44 bits per heavy atom. The lowest BCUT2D eigenvalue weighted by molar-refractivity contribution is -0.158. The zero-order valence-electron chi connectivity index (χ0n) is 15.9. The Morgan fingerprint density at radius 2 is 2.22 bits per heavy atom. The highest BCUT2D eigenvalue weighted by Crippen LogP contribution is 2.38. The van der Waals surface area contributed by atoms with Crippen molar-refractivity contribution in [2.45, 2.75) is 46.1 Å². The third-order valence-electron chi connectivity index (χ3n) is 5.22. The highest BCUT2D eigenvalue weighted by molar-refractivity contribution is 5.77. The Hall–Kier alpha value is -2.48. The summed E-state index contributed by atoms with van der Waals surface area (Å²) in [6.07, 6.45) is 2.38. The Labute approximate surface area is 158 Å². The molecule has 2 atom stereocenters. The number of aromatic nitrogens is 3. The van der Waals surface area contributed by atoms with Crippen molar-refractivity contribution in [2.24, 2.45) is 11.3 Å². The zero-order chi connectivity index (χ0) is 19.6. The molecule has 1 aliphatic heterocycles. The fraction of sp³-hybridized carbons (Fsp3) is 0.579. The van der Waals surface area contributed by atoms with Crippen LogP contribution in [0.1, 0.15) is 38.9 Å². The van der Waals surface area contributed by atoms with Crippen LogP contribution in [0.25, 0.3) is 11.5 Å². The van der Waals surface area contributed by atoms with Gasteiger partial charge in [-0.25, -0.2) is 4.98 Å².